The van der Waals surface area contributed by atoms with Gasteiger partial charge in [0.15, 0.2) is 0 Å². The number of aliphatic carboxylic acids is 1. The topological polar surface area (TPSA) is 211 Å². The Labute approximate surface area is 302 Å². The number of likely N-dealkylation sites (N-methyl/N-ethyl adjacent to an activating group) is 1. The molecule has 0 aromatic heterocycles. The molecule has 3 aromatic rings. The van der Waals surface area contributed by atoms with Crippen LogP contribution in [-0.4, -0.2) is 132 Å². The number of aliphatic hydroxyl groups excluding tert-OH is 4. The number of carboxylic acids is 1. The van der Waals surface area contributed by atoms with Crippen LogP contribution in [0, 0.1) is 0 Å². The predicted molar refractivity (Wildman–Crippen MR) is 184 cm³/mol. The van der Waals surface area contributed by atoms with E-state index in [-0.39, 0.29) is 17.1 Å². The summed E-state index contributed by atoms with van der Waals surface area (Å²) >= 11 is 0. The van der Waals surface area contributed by atoms with E-state index in [0.717, 1.165) is 38.3 Å². The van der Waals surface area contributed by atoms with E-state index in [0.29, 0.717) is 16.9 Å². The highest BCUT2D eigenvalue weighted by molar-refractivity contribution is 6.11. The van der Waals surface area contributed by atoms with Gasteiger partial charge in [-0.25, -0.2) is 4.79 Å². The maximum atomic E-state index is 13.6. The molecule has 0 saturated carbocycles. The zero-order valence-electron chi connectivity index (χ0n) is 28.7. The molecule has 2 aliphatic rings. The van der Waals surface area contributed by atoms with Crippen LogP contribution in [0.2, 0.25) is 0 Å². The molecule has 18 heteroatoms. The zero-order valence-corrected chi connectivity index (χ0v) is 28.7. The van der Waals surface area contributed by atoms with Crippen molar-refractivity contribution in [1.82, 2.24) is 4.90 Å². The van der Waals surface area contributed by atoms with E-state index in [2.05, 4.69) is 27.5 Å². The molecular formula is C35H41F3N4O11. The van der Waals surface area contributed by atoms with Gasteiger partial charge in [0.05, 0.1) is 19.4 Å². The number of anilines is 3. The van der Waals surface area contributed by atoms with Crippen LogP contribution in [-0.2, 0) is 9.53 Å². The second-order valence-electron chi connectivity index (χ2n) is 12.1. The molecule has 2 fully saturated rings. The zero-order chi connectivity index (χ0) is 38.9. The van der Waals surface area contributed by atoms with Crippen LogP contribution < -0.4 is 25.0 Å². The number of carboxylic acid groups (broad SMARTS) is 1. The Bertz CT molecular complexity index is 1690. The van der Waals surface area contributed by atoms with E-state index < -0.39 is 61.3 Å². The highest BCUT2D eigenvalue weighted by Gasteiger charge is 2.45. The van der Waals surface area contributed by atoms with Crippen molar-refractivity contribution < 1.29 is 67.3 Å². The van der Waals surface area contributed by atoms with Crippen molar-refractivity contribution in [3.63, 3.8) is 0 Å². The van der Waals surface area contributed by atoms with Crippen molar-refractivity contribution in [1.29, 1.82) is 0 Å². The number of carbonyl (C=O) groups excluding carboxylic acids is 2. The number of hydrogen-bond donors (Lipinski definition) is 7. The summed E-state index contributed by atoms with van der Waals surface area (Å²) in [5.41, 5.74) is 1.93. The first-order valence-corrected chi connectivity index (χ1v) is 16.3. The number of nitrogens with one attached hydrogen (secondary N) is 2. The van der Waals surface area contributed by atoms with Gasteiger partial charge in [-0.3, -0.25) is 9.59 Å². The minimum absolute atomic E-state index is 0.00415. The van der Waals surface area contributed by atoms with Gasteiger partial charge < -0.3 is 60.2 Å². The number of hydrogen-bond acceptors (Lipinski definition) is 12. The maximum absolute atomic E-state index is 13.6. The van der Waals surface area contributed by atoms with E-state index >= 15 is 0 Å². The number of carbonyl (C=O) groups is 3. The van der Waals surface area contributed by atoms with Crippen molar-refractivity contribution >= 4 is 34.8 Å². The predicted octanol–water partition coefficient (Wildman–Crippen LogP) is 2.15. The molecule has 3 aromatic carbocycles. The second kappa shape index (κ2) is 18.2. The average molecular weight is 751 g/mol. The molecule has 0 unspecified atom stereocenters. The largest absolute Gasteiger partial charge is 0.497 e. The van der Waals surface area contributed by atoms with E-state index in [1.165, 1.54) is 13.2 Å². The molecule has 7 N–H and O–H groups in total. The summed E-state index contributed by atoms with van der Waals surface area (Å²) in [5.74, 6) is -3.15. The van der Waals surface area contributed by atoms with Gasteiger partial charge in [0.2, 0.25) is 6.29 Å². The molecule has 288 valence electrons. The first-order valence-electron chi connectivity index (χ1n) is 16.3. The van der Waals surface area contributed by atoms with Gasteiger partial charge in [-0.1, -0.05) is 6.07 Å². The fourth-order valence-corrected chi connectivity index (χ4v) is 5.40. The molecular weight excluding hydrogens is 709 g/mol. The molecule has 2 heterocycles. The van der Waals surface area contributed by atoms with Gasteiger partial charge in [-0.15, -0.1) is 0 Å². The summed E-state index contributed by atoms with van der Waals surface area (Å²) in [5, 5.41) is 53.4. The summed E-state index contributed by atoms with van der Waals surface area (Å²) in [4.78, 5) is 40.2. The van der Waals surface area contributed by atoms with Gasteiger partial charge >= 0.3 is 12.1 Å². The van der Waals surface area contributed by atoms with Crippen LogP contribution in [0.5, 0.6) is 11.5 Å². The molecule has 0 spiro atoms. The number of amides is 2. The van der Waals surface area contributed by atoms with Crippen LogP contribution in [0.4, 0.5) is 30.2 Å². The smallest absolute Gasteiger partial charge is 0.490 e. The fraction of sp³-hybridized carbons (Fsp3) is 0.400. The number of ether oxygens (including phenoxy) is 3. The molecule has 2 aliphatic heterocycles. The third-order valence-corrected chi connectivity index (χ3v) is 8.41. The van der Waals surface area contributed by atoms with E-state index in [9.17, 15) is 43.2 Å². The van der Waals surface area contributed by atoms with Crippen molar-refractivity contribution in [2.24, 2.45) is 0 Å². The Kier molecular flexibility index (Phi) is 14.0. The number of aliphatic hydroxyl groups is 4. The summed E-state index contributed by atoms with van der Waals surface area (Å²) in [6.45, 7) is 3.12. The Morgan fingerprint density at radius 2 is 1.45 bits per heavy atom. The third kappa shape index (κ3) is 10.8. The lowest BCUT2D eigenvalue weighted by atomic mass is 9.99. The lowest BCUT2D eigenvalue weighted by Crippen LogP contribution is -2.60. The minimum Gasteiger partial charge on any atom is -0.497 e. The van der Waals surface area contributed by atoms with Gasteiger partial charge in [0, 0.05) is 36.4 Å². The number of methoxy groups -OCH3 is 1. The van der Waals surface area contributed by atoms with Crippen molar-refractivity contribution in [2.45, 2.75) is 43.3 Å². The second-order valence-corrected chi connectivity index (χ2v) is 12.1. The van der Waals surface area contributed by atoms with Crippen molar-refractivity contribution in [3.8, 4) is 11.5 Å². The molecule has 5 atom stereocenters. The molecule has 2 amide bonds. The fourth-order valence-electron chi connectivity index (χ4n) is 5.40. The number of nitrogens with zero attached hydrogens (tertiary/aromatic N) is 2. The molecule has 2 saturated heterocycles. The maximum Gasteiger partial charge on any atom is 0.490 e. The van der Waals surface area contributed by atoms with Crippen molar-refractivity contribution in [3.05, 3.63) is 77.9 Å². The Morgan fingerprint density at radius 1 is 0.849 bits per heavy atom. The SMILES string of the molecule is COc1ccc(C(=O)Nc2cccc(O[C@@H]3O[C@H](CO)[C@@H](O)[C@H](O)[C@H]3O)c2NC(=O)c2ccc(N3CCCN(C)CC3)cc2)cc1.O=C(O)C(F)(F)F. The van der Waals surface area contributed by atoms with Crippen LogP contribution in [0.1, 0.15) is 27.1 Å². The molecule has 0 bridgehead atoms. The van der Waals surface area contributed by atoms with Crippen LogP contribution in [0.3, 0.4) is 0 Å². The Hall–Kier alpha value is -4.98. The van der Waals surface area contributed by atoms with Crippen LogP contribution in [0.25, 0.3) is 0 Å². The summed E-state index contributed by atoms with van der Waals surface area (Å²) in [7, 11) is 3.62. The molecule has 15 nitrogen and oxygen atoms in total. The first-order chi connectivity index (χ1) is 25.1. The Morgan fingerprint density at radius 3 is 2.04 bits per heavy atom. The van der Waals surface area contributed by atoms with Gasteiger partial charge in [-0.2, -0.15) is 13.2 Å². The normalized spacial score (nSPS) is 22.1. The number of halogens is 3. The Balaban J connectivity index is 0.000000815. The van der Waals surface area contributed by atoms with Gasteiger partial charge in [0.1, 0.15) is 41.6 Å². The molecule has 53 heavy (non-hydrogen) atoms. The lowest BCUT2D eigenvalue weighted by Gasteiger charge is -2.39. The summed E-state index contributed by atoms with van der Waals surface area (Å²) in [6.07, 6.45) is -11.7. The summed E-state index contributed by atoms with van der Waals surface area (Å²) in [6, 6.07) is 18.3. The van der Waals surface area contributed by atoms with Crippen LogP contribution in [0.15, 0.2) is 66.7 Å². The van der Waals surface area contributed by atoms with Gasteiger partial charge in [0.25, 0.3) is 11.8 Å². The highest BCUT2D eigenvalue weighted by atomic mass is 19.4. The van der Waals surface area contributed by atoms with Crippen molar-refractivity contribution in [2.75, 3.05) is 62.5 Å². The monoisotopic (exact) mass is 750 g/mol. The minimum atomic E-state index is -5.08. The number of para-hydroxylation sites is 1. The molecule has 0 radical (unpaired) electrons. The molecule has 5 rings (SSSR count). The van der Waals surface area contributed by atoms with E-state index in [1.807, 2.05) is 12.1 Å². The van der Waals surface area contributed by atoms with Gasteiger partial charge in [-0.05, 0) is 80.7 Å². The standard InChI is InChI=1S/C33H40N4O9.C2HF3O2/c1-36-15-4-16-37(18-17-36)22-11-7-20(8-12-22)32(43)35-27-24(34-31(42)21-9-13-23(44-2)14-10-21)5-3-6-25(27)45-33-30(41)29(40)28(39)26(19-38)46-33;3-2(4,5)1(6)7/h3,5-14,26,28-30,33,38-41H,4,15-19H2,1-2H3,(H,34,42)(H,35,43);(H,6,7)/t26-,28-,29+,30-,33-;/m1./s1. The highest BCUT2D eigenvalue weighted by Crippen LogP contribution is 2.36. The number of rotatable bonds is 9. The third-order valence-electron chi connectivity index (χ3n) is 8.41. The summed E-state index contributed by atoms with van der Waals surface area (Å²) < 4.78 is 48.3. The molecule has 0 aliphatic carbocycles. The van der Waals surface area contributed by atoms with E-state index in [4.69, 9.17) is 24.1 Å². The van der Waals surface area contributed by atoms with Crippen LogP contribution >= 0.6 is 0 Å². The van der Waals surface area contributed by atoms with E-state index in [1.54, 1.807) is 48.5 Å². The number of benzene rings is 3. The number of alkyl halides is 3. The lowest BCUT2D eigenvalue weighted by molar-refractivity contribution is -0.277. The first kappa shape index (κ1) is 40.8. The average Bonchev–Trinajstić information content (AvgIpc) is 3.37. The quantitative estimate of drug-likeness (QED) is 0.167.